The largest absolute Gasteiger partial charge is 0.490 e. The highest BCUT2D eigenvalue weighted by molar-refractivity contribution is 9.10. The summed E-state index contributed by atoms with van der Waals surface area (Å²) < 4.78 is 12.8. The van der Waals surface area contributed by atoms with Crippen molar-refractivity contribution in [1.82, 2.24) is 5.43 Å². The molecule has 0 saturated heterocycles. The lowest BCUT2D eigenvalue weighted by Gasteiger charge is -2.15. The van der Waals surface area contributed by atoms with E-state index in [1.54, 1.807) is 18.3 Å². The van der Waals surface area contributed by atoms with Crippen molar-refractivity contribution in [3.63, 3.8) is 0 Å². The summed E-state index contributed by atoms with van der Waals surface area (Å²) in [6, 6.07) is 20.6. The maximum Gasteiger partial charge on any atom is 0.339 e. The Bertz CT molecular complexity index is 1100. The molecule has 0 aliphatic rings. The Balaban J connectivity index is 1.56. The van der Waals surface area contributed by atoms with Gasteiger partial charge in [0.05, 0.1) is 6.21 Å². The van der Waals surface area contributed by atoms with Crippen molar-refractivity contribution in [2.75, 3.05) is 18.5 Å². The van der Waals surface area contributed by atoms with Gasteiger partial charge in [-0.3, -0.25) is 0 Å². The number of hydrogen-bond acceptors (Lipinski definition) is 4. The lowest BCUT2D eigenvalue weighted by molar-refractivity contribution is 0.215. The van der Waals surface area contributed by atoms with E-state index < -0.39 is 6.03 Å². The minimum Gasteiger partial charge on any atom is -0.490 e. The van der Waals surface area contributed by atoms with Crippen LogP contribution in [0.3, 0.4) is 0 Å². The van der Waals surface area contributed by atoms with Gasteiger partial charge in [-0.2, -0.15) is 5.10 Å². The van der Waals surface area contributed by atoms with Crippen molar-refractivity contribution in [2.45, 2.75) is 26.7 Å². The number of halogens is 1. The van der Waals surface area contributed by atoms with E-state index in [0.717, 1.165) is 21.3 Å². The first-order valence-corrected chi connectivity index (χ1v) is 11.5. The molecule has 33 heavy (non-hydrogen) atoms. The molecule has 0 heterocycles. The number of carbonyl (C=O) groups is 1. The van der Waals surface area contributed by atoms with Crippen LogP contribution in [0.4, 0.5) is 10.5 Å². The summed E-state index contributed by atoms with van der Waals surface area (Å²) in [5, 5.41) is 6.74. The molecule has 172 valence electrons. The van der Waals surface area contributed by atoms with Gasteiger partial charge in [0.25, 0.3) is 0 Å². The van der Waals surface area contributed by atoms with Crippen LogP contribution < -0.4 is 20.2 Å². The van der Waals surface area contributed by atoms with E-state index in [1.807, 2.05) is 36.4 Å². The van der Waals surface area contributed by atoms with Crippen LogP contribution in [0.2, 0.25) is 0 Å². The molecule has 0 fully saturated rings. The summed E-state index contributed by atoms with van der Waals surface area (Å²) in [5.41, 5.74) is 6.21. The normalized spacial score (nSPS) is 10.9. The number of aryl methyl sites for hydroxylation is 1. The molecule has 2 N–H and O–H groups in total. The first kappa shape index (κ1) is 24.3. The van der Waals surface area contributed by atoms with E-state index in [4.69, 9.17) is 9.47 Å². The smallest absolute Gasteiger partial charge is 0.339 e. The molecule has 0 radical (unpaired) electrons. The lowest BCUT2D eigenvalue weighted by atomic mass is 10.0. The van der Waals surface area contributed by atoms with E-state index >= 15 is 0 Å². The predicted octanol–water partition coefficient (Wildman–Crippen LogP) is 6.49. The molecule has 0 aromatic heterocycles. The van der Waals surface area contributed by atoms with Gasteiger partial charge in [0, 0.05) is 15.7 Å². The first-order valence-electron chi connectivity index (χ1n) is 10.7. The number of carbonyl (C=O) groups excluding carboxylic acids is 1. The van der Waals surface area contributed by atoms with Crippen molar-refractivity contribution >= 4 is 33.9 Å². The highest BCUT2D eigenvalue weighted by atomic mass is 79.9. The second kappa shape index (κ2) is 12.1. The van der Waals surface area contributed by atoms with Crippen molar-refractivity contribution in [2.24, 2.45) is 5.10 Å². The summed E-state index contributed by atoms with van der Waals surface area (Å²) in [6.07, 6.45) is 1.54. The standard InChI is InChI=1S/C26H28BrN3O3/c1-18(2)23-11-9-19(3)15-25(23)33-14-13-32-24-12-10-21(27)16-20(24)17-28-30-26(31)29-22-7-5-4-6-8-22/h4-12,15-18H,13-14H2,1-3H3,(H2,29,30,31)/b28-17-. The van der Waals surface area contributed by atoms with Gasteiger partial charge in [-0.25, -0.2) is 10.2 Å². The predicted molar refractivity (Wildman–Crippen MR) is 137 cm³/mol. The monoisotopic (exact) mass is 509 g/mol. The molecule has 6 nitrogen and oxygen atoms in total. The first-order chi connectivity index (χ1) is 15.9. The number of urea groups is 1. The van der Waals surface area contributed by atoms with Crippen LogP contribution in [-0.2, 0) is 0 Å². The second-order valence-corrected chi connectivity index (χ2v) is 8.68. The van der Waals surface area contributed by atoms with Gasteiger partial charge in [-0.1, -0.05) is 60.1 Å². The van der Waals surface area contributed by atoms with E-state index in [0.29, 0.717) is 30.6 Å². The number of hydrogen-bond donors (Lipinski definition) is 2. The fourth-order valence-corrected chi connectivity index (χ4v) is 3.52. The number of anilines is 1. The molecule has 0 unspecified atom stereocenters. The van der Waals surface area contributed by atoms with Gasteiger partial charge in [-0.15, -0.1) is 0 Å². The maximum absolute atomic E-state index is 12.0. The average molecular weight is 510 g/mol. The molecular formula is C26H28BrN3O3. The Morgan fingerprint density at radius 3 is 2.45 bits per heavy atom. The van der Waals surface area contributed by atoms with Crippen molar-refractivity contribution < 1.29 is 14.3 Å². The van der Waals surface area contributed by atoms with Crippen molar-refractivity contribution in [3.05, 3.63) is 87.9 Å². The zero-order valence-corrected chi connectivity index (χ0v) is 20.6. The highest BCUT2D eigenvalue weighted by Gasteiger charge is 2.09. The third-order valence-electron chi connectivity index (χ3n) is 4.76. The quantitative estimate of drug-likeness (QED) is 0.196. The van der Waals surface area contributed by atoms with Crippen LogP contribution >= 0.6 is 15.9 Å². The molecule has 3 aromatic carbocycles. The Hall–Kier alpha value is -3.32. The minimum atomic E-state index is -0.428. The molecule has 0 spiro atoms. The molecule has 0 bridgehead atoms. The lowest BCUT2D eigenvalue weighted by Crippen LogP contribution is -2.24. The highest BCUT2D eigenvalue weighted by Crippen LogP contribution is 2.27. The van der Waals surface area contributed by atoms with E-state index in [9.17, 15) is 4.79 Å². The Morgan fingerprint density at radius 1 is 1.00 bits per heavy atom. The topological polar surface area (TPSA) is 72.0 Å². The fraction of sp³-hybridized carbons (Fsp3) is 0.231. The van der Waals surface area contributed by atoms with Crippen LogP contribution in [0.25, 0.3) is 0 Å². The number of nitrogens with one attached hydrogen (secondary N) is 2. The van der Waals surface area contributed by atoms with Gasteiger partial charge in [0.1, 0.15) is 24.7 Å². The number of rotatable bonds is 9. The van der Waals surface area contributed by atoms with Crippen LogP contribution in [0.15, 0.2) is 76.3 Å². The maximum atomic E-state index is 12.0. The number of benzene rings is 3. The van der Waals surface area contributed by atoms with Gasteiger partial charge in [-0.05, 0) is 60.4 Å². The Kier molecular flexibility index (Phi) is 8.89. The Morgan fingerprint density at radius 2 is 1.73 bits per heavy atom. The zero-order valence-electron chi connectivity index (χ0n) is 19.0. The molecule has 0 atom stereocenters. The van der Waals surface area contributed by atoms with E-state index in [2.05, 4.69) is 70.7 Å². The van der Waals surface area contributed by atoms with Crippen molar-refractivity contribution in [3.8, 4) is 11.5 Å². The number of nitrogens with zero attached hydrogens (tertiary/aromatic N) is 1. The minimum absolute atomic E-state index is 0.371. The third-order valence-corrected chi connectivity index (χ3v) is 5.26. The SMILES string of the molecule is Cc1ccc(C(C)C)c(OCCOc2ccc(Br)cc2/C=N\NC(=O)Nc2ccccc2)c1. The molecule has 7 heteroatoms. The molecular weight excluding hydrogens is 482 g/mol. The molecule has 2 amide bonds. The number of ether oxygens (including phenoxy) is 2. The number of amides is 2. The molecule has 0 aliphatic carbocycles. The molecule has 3 rings (SSSR count). The summed E-state index contributed by atoms with van der Waals surface area (Å²) in [6.45, 7) is 7.13. The third kappa shape index (κ3) is 7.64. The van der Waals surface area contributed by atoms with E-state index in [1.165, 1.54) is 5.56 Å². The summed E-state index contributed by atoms with van der Waals surface area (Å²) >= 11 is 3.46. The van der Waals surface area contributed by atoms with Crippen molar-refractivity contribution in [1.29, 1.82) is 0 Å². The van der Waals surface area contributed by atoms with E-state index in [-0.39, 0.29) is 0 Å². The van der Waals surface area contributed by atoms with Gasteiger partial charge in [0.2, 0.25) is 0 Å². The number of para-hydroxylation sites is 1. The zero-order chi connectivity index (χ0) is 23.6. The summed E-state index contributed by atoms with van der Waals surface area (Å²) in [5.74, 6) is 1.91. The summed E-state index contributed by atoms with van der Waals surface area (Å²) in [4.78, 5) is 12.0. The molecule has 0 saturated carbocycles. The van der Waals surface area contributed by atoms with Crippen LogP contribution in [0.5, 0.6) is 11.5 Å². The molecule has 0 aliphatic heterocycles. The Labute approximate surface area is 203 Å². The van der Waals surface area contributed by atoms with Gasteiger partial charge >= 0.3 is 6.03 Å². The van der Waals surface area contributed by atoms with Gasteiger partial charge < -0.3 is 14.8 Å². The summed E-state index contributed by atoms with van der Waals surface area (Å²) in [7, 11) is 0. The fourth-order valence-electron chi connectivity index (χ4n) is 3.14. The molecule has 3 aromatic rings. The van der Waals surface area contributed by atoms with Crippen LogP contribution in [0, 0.1) is 6.92 Å². The second-order valence-electron chi connectivity index (χ2n) is 7.77. The number of hydrazone groups is 1. The van der Waals surface area contributed by atoms with Crippen LogP contribution in [-0.4, -0.2) is 25.5 Å². The van der Waals surface area contributed by atoms with Gasteiger partial charge in [0.15, 0.2) is 0 Å². The average Bonchev–Trinajstić information content (AvgIpc) is 2.78. The van der Waals surface area contributed by atoms with Crippen LogP contribution in [0.1, 0.15) is 36.5 Å².